The molecule has 0 aromatic carbocycles. The Morgan fingerprint density at radius 3 is 2.56 bits per heavy atom. The van der Waals surface area contributed by atoms with E-state index in [1.54, 1.807) is 0 Å². The first-order chi connectivity index (χ1) is 8.45. The monoisotopic (exact) mass is 271 g/mol. The van der Waals surface area contributed by atoms with Crippen molar-refractivity contribution in [1.82, 2.24) is 15.1 Å². The van der Waals surface area contributed by atoms with Gasteiger partial charge in [0.05, 0.1) is 16.4 Å². The molecule has 0 saturated carbocycles. The Morgan fingerprint density at radius 2 is 2.06 bits per heavy atom. The SMILES string of the molecule is CCCNC(C)CC(C)Cc1c(Cl)c(C)nn1C. The standard InChI is InChI=1S/C14H26ClN3/c1-6-7-16-11(3)8-10(2)9-13-14(15)12(4)17-18(13)5/h10-11,16H,6-9H2,1-5H3. The Labute approximate surface area is 116 Å². The molecule has 4 heteroatoms. The van der Waals surface area contributed by atoms with Crippen LogP contribution in [-0.4, -0.2) is 22.4 Å². The van der Waals surface area contributed by atoms with E-state index < -0.39 is 0 Å². The van der Waals surface area contributed by atoms with Crippen LogP contribution in [0.2, 0.25) is 5.02 Å². The number of hydrogen-bond acceptors (Lipinski definition) is 2. The molecule has 0 amide bonds. The summed E-state index contributed by atoms with van der Waals surface area (Å²) >= 11 is 6.28. The fraction of sp³-hybridized carbons (Fsp3) is 0.786. The van der Waals surface area contributed by atoms with Crippen molar-refractivity contribution >= 4 is 11.6 Å². The third kappa shape index (κ3) is 4.29. The summed E-state index contributed by atoms with van der Waals surface area (Å²) in [6.07, 6.45) is 3.35. The Bertz CT molecular complexity index is 373. The van der Waals surface area contributed by atoms with Crippen LogP contribution in [0.5, 0.6) is 0 Å². The van der Waals surface area contributed by atoms with E-state index in [1.165, 1.54) is 12.8 Å². The van der Waals surface area contributed by atoms with Gasteiger partial charge in [0.2, 0.25) is 0 Å². The van der Waals surface area contributed by atoms with Gasteiger partial charge in [0.15, 0.2) is 0 Å². The molecule has 0 bridgehead atoms. The van der Waals surface area contributed by atoms with Crippen LogP contribution in [0.3, 0.4) is 0 Å². The fourth-order valence-corrected chi connectivity index (χ4v) is 2.63. The number of hydrogen-bond donors (Lipinski definition) is 1. The Kier molecular flexibility index (Phi) is 6.16. The van der Waals surface area contributed by atoms with Gasteiger partial charge in [-0.25, -0.2) is 0 Å². The zero-order valence-electron chi connectivity index (χ0n) is 12.3. The molecule has 0 fully saturated rings. The minimum Gasteiger partial charge on any atom is -0.314 e. The predicted octanol–water partition coefficient (Wildman–Crippen LogP) is 3.34. The van der Waals surface area contributed by atoms with Gasteiger partial charge in [-0.05, 0) is 45.6 Å². The highest BCUT2D eigenvalue weighted by Gasteiger charge is 2.15. The second-order valence-corrected chi connectivity index (χ2v) is 5.75. The quantitative estimate of drug-likeness (QED) is 0.824. The molecular weight excluding hydrogens is 246 g/mol. The average molecular weight is 272 g/mol. The van der Waals surface area contributed by atoms with Crippen molar-refractivity contribution in [1.29, 1.82) is 0 Å². The number of rotatable bonds is 7. The van der Waals surface area contributed by atoms with E-state index >= 15 is 0 Å². The number of nitrogens with zero attached hydrogens (tertiary/aromatic N) is 2. The number of aromatic nitrogens is 2. The minimum absolute atomic E-state index is 0.563. The molecule has 0 radical (unpaired) electrons. The molecule has 1 aromatic rings. The molecular formula is C14H26ClN3. The number of aryl methyl sites for hydroxylation is 2. The smallest absolute Gasteiger partial charge is 0.0847 e. The van der Waals surface area contributed by atoms with Gasteiger partial charge in [-0.1, -0.05) is 25.4 Å². The lowest BCUT2D eigenvalue weighted by Gasteiger charge is -2.18. The molecule has 2 unspecified atom stereocenters. The van der Waals surface area contributed by atoms with Gasteiger partial charge in [-0.3, -0.25) is 4.68 Å². The highest BCUT2D eigenvalue weighted by Crippen LogP contribution is 2.23. The lowest BCUT2D eigenvalue weighted by molar-refractivity contribution is 0.413. The maximum absolute atomic E-state index is 6.28. The average Bonchev–Trinajstić information content (AvgIpc) is 2.53. The van der Waals surface area contributed by atoms with Crippen LogP contribution in [0.4, 0.5) is 0 Å². The molecule has 18 heavy (non-hydrogen) atoms. The first-order valence-electron chi connectivity index (χ1n) is 6.87. The Morgan fingerprint density at radius 1 is 1.39 bits per heavy atom. The first-order valence-corrected chi connectivity index (χ1v) is 7.24. The van der Waals surface area contributed by atoms with Crippen molar-refractivity contribution in [3.8, 4) is 0 Å². The normalized spacial score (nSPS) is 14.8. The van der Waals surface area contributed by atoms with E-state index in [1.807, 2.05) is 18.7 Å². The number of nitrogens with one attached hydrogen (secondary N) is 1. The van der Waals surface area contributed by atoms with Crippen LogP contribution in [-0.2, 0) is 13.5 Å². The van der Waals surface area contributed by atoms with Crippen molar-refractivity contribution < 1.29 is 0 Å². The van der Waals surface area contributed by atoms with E-state index in [0.717, 1.165) is 29.4 Å². The van der Waals surface area contributed by atoms with Crippen LogP contribution in [0.25, 0.3) is 0 Å². The second kappa shape index (κ2) is 7.15. The largest absolute Gasteiger partial charge is 0.314 e. The zero-order chi connectivity index (χ0) is 13.7. The van der Waals surface area contributed by atoms with Crippen molar-refractivity contribution in [2.45, 2.75) is 53.0 Å². The van der Waals surface area contributed by atoms with Gasteiger partial charge < -0.3 is 5.32 Å². The lowest BCUT2D eigenvalue weighted by atomic mass is 9.97. The van der Waals surface area contributed by atoms with Crippen LogP contribution in [0.1, 0.15) is 45.0 Å². The molecule has 0 aliphatic heterocycles. The molecule has 0 saturated heterocycles. The van der Waals surface area contributed by atoms with Gasteiger partial charge in [-0.15, -0.1) is 0 Å². The summed E-state index contributed by atoms with van der Waals surface area (Å²) in [5.41, 5.74) is 2.09. The Hall–Kier alpha value is -0.540. The lowest BCUT2D eigenvalue weighted by Crippen LogP contribution is -2.29. The minimum atomic E-state index is 0.563. The molecule has 1 heterocycles. The molecule has 2 atom stereocenters. The zero-order valence-corrected chi connectivity index (χ0v) is 13.0. The fourth-order valence-electron chi connectivity index (χ4n) is 2.39. The molecule has 0 aliphatic rings. The highest BCUT2D eigenvalue weighted by molar-refractivity contribution is 6.31. The molecule has 0 spiro atoms. The van der Waals surface area contributed by atoms with Gasteiger partial charge in [0, 0.05) is 13.1 Å². The summed E-state index contributed by atoms with van der Waals surface area (Å²) in [6, 6.07) is 0.563. The van der Waals surface area contributed by atoms with Crippen LogP contribution >= 0.6 is 11.6 Å². The van der Waals surface area contributed by atoms with Crippen molar-refractivity contribution in [3.05, 3.63) is 16.4 Å². The molecule has 3 nitrogen and oxygen atoms in total. The summed E-state index contributed by atoms with van der Waals surface area (Å²) in [5.74, 6) is 0.608. The van der Waals surface area contributed by atoms with E-state index in [0.29, 0.717) is 12.0 Å². The van der Waals surface area contributed by atoms with Crippen molar-refractivity contribution in [3.63, 3.8) is 0 Å². The third-order valence-electron chi connectivity index (χ3n) is 3.30. The maximum atomic E-state index is 6.28. The van der Waals surface area contributed by atoms with E-state index in [9.17, 15) is 0 Å². The second-order valence-electron chi connectivity index (χ2n) is 5.37. The molecule has 0 aliphatic carbocycles. The maximum Gasteiger partial charge on any atom is 0.0847 e. The van der Waals surface area contributed by atoms with Crippen molar-refractivity contribution in [2.24, 2.45) is 13.0 Å². The molecule has 1 aromatic heterocycles. The van der Waals surface area contributed by atoms with Gasteiger partial charge in [-0.2, -0.15) is 5.10 Å². The van der Waals surface area contributed by atoms with Crippen molar-refractivity contribution in [2.75, 3.05) is 6.54 Å². The number of halogens is 1. The van der Waals surface area contributed by atoms with Gasteiger partial charge >= 0.3 is 0 Å². The topological polar surface area (TPSA) is 29.9 Å². The summed E-state index contributed by atoms with van der Waals surface area (Å²) in [4.78, 5) is 0. The van der Waals surface area contributed by atoms with Crippen LogP contribution in [0, 0.1) is 12.8 Å². The van der Waals surface area contributed by atoms with Crippen LogP contribution < -0.4 is 5.32 Å². The molecule has 104 valence electrons. The van der Waals surface area contributed by atoms with Gasteiger partial charge in [0.25, 0.3) is 0 Å². The van der Waals surface area contributed by atoms with E-state index in [4.69, 9.17) is 11.6 Å². The molecule has 1 rings (SSSR count). The predicted molar refractivity (Wildman–Crippen MR) is 78.2 cm³/mol. The molecule has 1 N–H and O–H groups in total. The summed E-state index contributed by atoms with van der Waals surface area (Å²) in [5, 5.41) is 8.72. The van der Waals surface area contributed by atoms with E-state index in [2.05, 4.69) is 31.2 Å². The summed E-state index contributed by atoms with van der Waals surface area (Å²) in [6.45, 7) is 9.79. The van der Waals surface area contributed by atoms with Crippen LogP contribution in [0.15, 0.2) is 0 Å². The summed E-state index contributed by atoms with van der Waals surface area (Å²) in [7, 11) is 1.97. The van der Waals surface area contributed by atoms with E-state index in [-0.39, 0.29) is 0 Å². The summed E-state index contributed by atoms with van der Waals surface area (Å²) < 4.78 is 1.91. The Balaban J connectivity index is 2.51. The van der Waals surface area contributed by atoms with Gasteiger partial charge in [0.1, 0.15) is 0 Å². The third-order valence-corrected chi connectivity index (χ3v) is 3.79. The first kappa shape index (κ1) is 15.5. The highest BCUT2D eigenvalue weighted by atomic mass is 35.5.